The lowest BCUT2D eigenvalue weighted by Gasteiger charge is -2.11. The van der Waals surface area contributed by atoms with E-state index in [9.17, 15) is 0 Å². The number of benzene rings is 4. The Hall–Kier alpha value is -3.12. The zero-order chi connectivity index (χ0) is 53.6. The van der Waals surface area contributed by atoms with Gasteiger partial charge in [-0.05, 0) is 71.6 Å². The van der Waals surface area contributed by atoms with Gasteiger partial charge < -0.3 is 0 Å². The molecule has 4 atom stereocenters. The highest BCUT2D eigenvalue weighted by Crippen LogP contribution is 2.26. The maximum Gasteiger partial charge on any atom is -0.0190 e. The van der Waals surface area contributed by atoms with Crippen LogP contribution in [-0.4, -0.2) is 0 Å². The molecular weight excluding hydrogens is 889 g/mol. The average Bonchev–Trinajstić information content (AvgIpc) is 3.44. The molecule has 0 bridgehead atoms. The van der Waals surface area contributed by atoms with Gasteiger partial charge in [-0.3, -0.25) is 0 Å². The second-order valence-electron chi connectivity index (χ2n) is 23.0. The van der Waals surface area contributed by atoms with Crippen LogP contribution < -0.4 is 0 Å². The number of hydrogen-bond donors (Lipinski definition) is 0. The molecule has 0 heteroatoms. The second-order valence-corrected chi connectivity index (χ2v) is 23.0. The molecule has 0 aliphatic heterocycles. The van der Waals surface area contributed by atoms with Crippen molar-refractivity contribution in [3.8, 4) is 0 Å². The minimum Gasteiger partial charge on any atom is -0.0654 e. The summed E-state index contributed by atoms with van der Waals surface area (Å²) in [5.74, 6) is 2.91. The van der Waals surface area contributed by atoms with E-state index in [1.807, 2.05) is 0 Å². The Labute approximate surface area is 464 Å². The van der Waals surface area contributed by atoms with Crippen molar-refractivity contribution >= 4 is 0 Å². The third kappa shape index (κ3) is 42.0. The molecule has 0 spiro atoms. The van der Waals surface area contributed by atoms with Crippen LogP contribution >= 0.6 is 0 Å². The van der Waals surface area contributed by atoms with Crippen molar-refractivity contribution in [2.24, 2.45) is 0 Å². The Morgan fingerprint density at radius 2 is 0.324 bits per heavy atom. The zero-order valence-electron chi connectivity index (χ0n) is 50.7. The van der Waals surface area contributed by atoms with Crippen molar-refractivity contribution in [2.45, 2.75) is 323 Å². The molecule has 0 amide bonds. The maximum atomic E-state index is 2.36. The van der Waals surface area contributed by atoms with E-state index in [-0.39, 0.29) is 0 Å². The summed E-state index contributed by atoms with van der Waals surface area (Å²) in [6.07, 6.45) is 53.8. The van der Waals surface area contributed by atoms with Crippen molar-refractivity contribution in [1.29, 1.82) is 0 Å². The molecule has 4 aromatic rings. The van der Waals surface area contributed by atoms with Gasteiger partial charge in [-0.15, -0.1) is 0 Å². The van der Waals surface area contributed by atoms with E-state index >= 15 is 0 Å². The lowest BCUT2D eigenvalue weighted by molar-refractivity contribution is 0.535. The highest BCUT2D eigenvalue weighted by Gasteiger charge is 2.07. The molecule has 0 heterocycles. The SMILES string of the molecule is CCCCCCCCCC(C)c1ccccc1.CCCCCCCCCCC(C)c1ccccc1.CCCCCCCCCCCC(C)c1ccccc1.CCCCCCCCCCCCC(C)c1ccccc1. The Morgan fingerprint density at radius 3 is 0.473 bits per heavy atom. The fourth-order valence-electron chi connectivity index (χ4n) is 10.5. The molecule has 0 aliphatic rings. The van der Waals surface area contributed by atoms with Gasteiger partial charge in [-0.1, -0.05) is 395 Å². The third-order valence-corrected chi connectivity index (χ3v) is 15.9. The van der Waals surface area contributed by atoms with E-state index in [1.165, 1.54) is 266 Å². The van der Waals surface area contributed by atoms with Crippen LogP contribution in [0.2, 0.25) is 0 Å². The summed E-state index contributed by atoms with van der Waals surface area (Å²) in [4.78, 5) is 0. The molecule has 4 rings (SSSR count). The lowest BCUT2D eigenvalue weighted by Crippen LogP contribution is -1.93. The molecule has 0 saturated carbocycles. The van der Waals surface area contributed by atoms with Crippen LogP contribution in [0, 0.1) is 0 Å². The summed E-state index contributed by atoms with van der Waals surface area (Å²) in [5.41, 5.74) is 6.00. The predicted octanol–water partition coefficient (Wildman–Crippen LogP) is 26.1. The van der Waals surface area contributed by atoms with Crippen LogP contribution in [0.1, 0.15) is 345 Å². The lowest BCUT2D eigenvalue weighted by atomic mass is 9.95. The smallest absolute Gasteiger partial charge is 0.0190 e. The summed E-state index contributed by atoms with van der Waals surface area (Å²) in [6, 6.07) is 43.7. The maximum absolute atomic E-state index is 2.36. The highest BCUT2D eigenvalue weighted by molar-refractivity contribution is 5.21. The fraction of sp³-hybridized carbons (Fsp3) is 0.676. The second kappa shape index (κ2) is 53.3. The van der Waals surface area contributed by atoms with Crippen LogP contribution in [0.5, 0.6) is 0 Å². The molecule has 0 saturated heterocycles. The highest BCUT2D eigenvalue weighted by atomic mass is 14.1. The van der Waals surface area contributed by atoms with Gasteiger partial charge in [-0.2, -0.15) is 0 Å². The van der Waals surface area contributed by atoms with Gasteiger partial charge in [0.15, 0.2) is 0 Å². The van der Waals surface area contributed by atoms with Crippen LogP contribution in [0.3, 0.4) is 0 Å². The minimum absolute atomic E-state index is 0.727. The van der Waals surface area contributed by atoms with Gasteiger partial charge in [0.25, 0.3) is 0 Å². The van der Waals surface area contributed by atoms with E-state index in [0.717, 1.165) is 23.7 Å². The monoisotopic (exact) mass is 1010 g/mol. The Balaban J connectivity index is 0.000000494. The van der Waals surface area contributed by atoms with E-state index in [2.05, 4.69) is 177 Å². The Morgan fingerprint density at radius 1 is 0.189 bits per heavy atom. The van der Waals surface area contributed by atoms with Crippen molar-refractivity contribution in [3.63, 3.8) is 0 Å². The first-order valence-corrected chi connectivity index (χ1v) is 32.6. The number of hydrogen-bond acceptors (Lipinski definition) is 0. The third-order valence-electron chi connectivity index (χ3n) is 15.9. The first-order chi connectivity index (χ1) is 36.4. The Bertz CT molecular complexity index is 1630. The zero-order valence-corrected chi connectivity index (χ0v) is 50.7. The van der Waals surface area contributed by atoms with Crippen molar-refractivity contribution in [1.82, 2.24) is 0 Å². The molecule has 4 unspecified atom stereocenters. The van der Waals surface area contributed by atoms with Gasteiger partial charge in [-0.25, -0.2) is 0 Å². The van der Waals surface area contributed by atoms with Crippen LogP contribution in [-0.2, 0) is 0 Å². The van der Waals surface area contributed by atoms with E-state index in [4.69, 9.17) is 0 Å². The standard InChI is InChI=1S/C20H34.C19H32.C18H30.C17H28/c1-3-4-5-6-7-8-9-10-11-13-16-19(2)20-17-14-12-15-18-20;1-3-4-5-6-7-8-9-10-12-15-18(2)19-16-13-11-14-17-19;1-3-4-5-6-7-8-9-11-14-17(2)18-15-12-10-13-16-18;1-3-4-5-6-7-8-10-13-16(2)17-14-11-9-12-15-17/h12,14-15,17-19H,3-11,13,16H2,1-2H3;11,13-14,16-18H,3-10,12,15H2,1-2H3;10,12-13,15-17H,3-9,11,14H2,1-2H3;9,11-12,14-16H,3-8,10,13H2,1-2H3. The van der Waals surface area contributed by atoms with Crippen LogP contribution in [0.15, 0.2) is 121 Å². The van der Waals surface area contributed by atoms with Gasteiger partial charge in [0.2, 0.25) is 0 Å². The molecule has 74 heavy (non-hydrogen) atoms. The number of unbranched alkanes of at least 4 members (excludes halogenated alkanes) is 30. The molecule has 0 aliphatic carbocycles. The molecular formula is C74H124. The molecule has 0 radical (unpaired) electrons. The first-order valence-electron chi connectivity index (χ1n) is 32.6. The molecule has 420 valence electrons. The molecule has 0 nitrogen and oxygen atoms in total. The van der Waals surface area contributed by atoms with E-state index in [1.54, 1.807) is 0 Å². The molecule has 0 aromatic heterocycles. The van der Waals surface area contributed by atoms with Gasteiger partial charge in [0.1, 0.15) is 0 Å². The average molecular weight is 1010 g/mol. The van der Waals surface area contributed by atoms with Crippen LogP contribution in [0.4, 0.5) is 0 Å². The molecule has 0 fully saturated rings. The summed E-state index contributed by atoms with van der Waals surface area (Å²) in [7, 11) is 0. The predicted molar refractivity (Wildman–Crippen MR) is 338 cm³/mol. The van der Waals surface area contributed by atoms with Crippen molar-refractivity contribution in [2.75, 3.05) is 0 Å². The van der Waals surface area contributed by atoms with Gasteiger partial charge in [0, 0.05) is 0 Å². The number of rotatable bonds is 42. The summed E-state index contributed by atoms with van der Waals surface area (Å²) in [5, 5.41) is 0. The normalized spacial score (nSPS) is 12.5. The molecule has 4 aromatic carbocycles. The van der Waals surface area contributed by atoms with Crippen molar-refractivity contribution < 1.29 is 0 Å². The van der Waals surface area contributed by atoms with Crippen LogP contribution in [0.25, 0.3) is 0 Å². The summed E-state index contributed by atoms with van der Waals surface area (Å²) in [6.45, 7) is 18.6. The first kappa shape index (κ1) is 68.9. The Kier molecular flexibility index (Phi) is 49.6. The topological polar surface area (TPSA) is 0 Å². The summed E-state index contributed by atoms with van der Waals surface area (Å²) >= 11 is 0. The quantitative estimate of drug-likeness (QED) is 0.0388. The fourth-order valence-corrected chi connectivity index (χ4v) is 10.5. The van der Waals surface area contributed by atoms with Gasteiger partial charge >= 0.3 is 0 Å². The van der Waals surface area contributed by atoms with Gasteiger partial charge in [0.05, 0.1) is 0 Å². The van der Waals surface area contributed by atoms with E-state index in [0.29, 0.717) is 0 Å². The van der Waals surface area contributed by atoms with Crippen molar-refractivity contribution in [3.05, 3.63) is 144 Å². The largest absolute Gasteiger partial charge is 0.0654 e. The summed E-state index contributed by atoms with van der Waals surface area (Å²) < 4.78 is 0. The van der Waals surface area contributed by atoms with E-state index < -0.39 is 0 Å². The molecule has 0 N–H and O–H groups in total. The minimum atomic E-state index is 0.727.